The van der Waals surface area contributed by atoms with Gasteiger partial charge in [-0.1, -0.05) is 0 Å². The highest BCUT2D eigenvalue weighted by Gasteiger charge is 2.28. The van der Waals surface area contributed by atoms with Crippen LogP contribution in [0.25, 0.3) is 6.08 Å². The fourth-order valence-corrected chi connectivity index (χ4v) is 2.89. The summed E-state index contributed by atoms with van der Waals surface area (Å²) in [4.78, 5) is 27.1. The molecule has 0 atom stereocenters. The standard InChI is InChI=1S/C20H18N2O8/c1-26-15-8-6-12(22(24)25)10-13(15)19-21-14(20(23)30-19)9-11-5-7-16(27-2)18(29-4)17(11)28-3/h5-10H,1-4H3/b14-9-. The largest absolute Gasteiger partial charge is 0.496 e. The number of cyclic esters (lactones) is 1. The second-order valence-electron chi connectivity index (χ2n) is 5.90. The molecule has 0 aliphatic carbocycles. The van der Waals surface area contributed by atoms with Crippen LogP contribution in [0.5, 0.6) is 23.0 Å². The number of rotatable bonds is 7. The molecule has 3 rings (SSSR count). The van der Waals surface area contributed by atoms with Crippen LogP contribution in [0, 0.1) is 10.1 Å². The molecular weight excluding hydrogens is 396 g/mol. The van der Waals surface area contributed by atoms with Crippen molar-refractivity contribution in [2.24, 2.45) is 4.99 Å². The van der Waals surface area contributed by atoms with Crippen LogP contribution < -0.4 is 18.9 Å². The van der Waals surface area contributed by atoms with Gasteiger partial charge in [-0.2, -0.15) is 0 Å². The van der Waals surface area contributed by atoms with Crippen LogP contribution in [-0.4, -0.2) is 45.2 Å². The monoisotopic (exact) mass is 414 g/mol. The quantitative estimate of drug-likeness (QED) is 0.294. The summed E-state index contributed by atoms with van der Waals surface area (Å²) in [6, 6.07) is 7.24. The van der Waals surface area contributed by atoms with Gasteiger partial charge < -0.3 is 23.7 Å². The third-order valence-electron chi connectivity index (χ3n) is 4.27. The zero-order valence-electron chi connectivity index (χ0n) is 16.6. The van der Waals surface area contributed by atoms with E-state index in [2.05, 4.69) is 4.99 Å². The maximum atomic E-state index is 12.4. The Morgan fingerprint density at radius 3 is 2.23 bits per heavy atom. The van der Waals surface area contributed by atoms with Gasteiger partial charge in [-0.15, -0.1) is 0 Å². The topological polar surface area (TPSA) is 119 Å². The highest BCUT2D eigenvalue weighted by atomic mass is 16.6. The molecule has 1 aliphatic rings. The minimum absolute atomic E-state index is 0.0240. The summed E-state index contributed by atoms with van der Waals surface area (Å²) in [5.74, 6) is 0.591. The number of carbonyl (C=O) groups excluding carboxylic acids is 1. The molecule has 156 valence electrons. The van der Waals surface area contributed by atoms with Crippen molar-refractivity contribution in [1.29, 1.82) is 0 Å². The molecule has 0 N–H and O–H groups in total. The highest BCUT2D eigenvalue weighted by Crippen LogP contribution is 2.41. The molecule has 0 spiro atoms. The van der Waals surface area contributed by atoms with E-state index in [1.165, 1.54) is 52.7 Å². The lowest BCUT2D eigenvalue weighted by Gasteiger charge is -2.14. The van der Waals surface area contributed by atoms with Crippen molar-refractivity contribution >= 4 is 23.6 Å². The average Bonchev–Trinajstić information content (AvgIpc) is 3.12. The van der Waals surface area contributed by atoms with Crippen LogP contribution in [0.1, 0.15) is 11.1 Å². The summed E-state index contributed by atoms with van der Waals surface area (Å²) in [5, 5.41) is 11.1. The lowest BCUT2D eigenvalue weighted by molar-refractivity contribution is -0.384. The predicted octanol–water partition coefficient (Wildman–Crippen LogP) is 2.97. The molecule has 0 saturated heterocycles. The number of nitro groups is 1. The van der Waals surface area contributed by atoms with Crippen LogP contribution in [-0.2, 0) is 9.53 Å². The minimum Gasteiger partial charge on any atom is -0.496 e. The van der Waals surface area contributed by atoms with Crippen molar-refractivity contribution in [3.8, 4) is 23.0 Å². The first kappa shape index (κ1) is 20.6. The first-order valence-electron chi connectivity index (χ1n) is 8.57. The Labute approximate surface area is 171 Å². The fourth-order valence-electron chi connectivity index (χ4n) is 2.89. The van der Waals surface area contributed by atoms with Gasteiger partial charge >= 0.3 is 5.97 Å². The van der Waals surface area contributed by atoms with Gasteiger partial charge in [0.1, 0.15) is 5.75 Å². The summed E-state index contributed by atoms with van der Waals surface area (Å²) in [6.45, 7) is 0. The second-order valence-corrected chi connectivity index (χ2v) is 5.90. The Bertz CT molecular complexity index is 1070. The molecule has 0 amide bonds. The molecule has 2 aromatic rings. The lowest BCUT2D eigenvalue weighted by Crippen LogP contribution is -2.07. The Morgan fingerprint density at radius 1 is 0.967 bits per heavy atom. The van der Waals surface area contributed by atoms with Gasteiger partial charge in [-0.25, -0.2) is 9.79 Å². The number of non-ortho nitro benzene ring substituents is 1. The number of benzene rings is 2. The Balaban J connectivity index is 2.08. The number of hydrogen-bond donors (Lipinski definition) is 0. The number of esters is 1. The number of ether oxygens (including phenoxy) is 5. The van der Waals surface area contributed by atoms with Crippen LogP contribution >= 0.6 is 0 Å². The van der Waals surface area contributed by atoms with Crippen molar-refractivity contribution < 1.29 is 33.4 Å². The van der Waals surface area contributed by atoms with Crippen molar-refractivity contribution in [3.63, 3.8) is 0 Å². The molecular formula is C20H18N2O8. The molecule has 0 fully saturated rings. The Hall–Kier alpha value is -4.08. The summed E-state index contributed by atoms with van der Waals surface area (Å²) in [5.41, 5.74) is 0.466. The first-order valence-corrected chi connectivity index (χ1v) is 8.57. The maximum Gasteiger partial charge on any atom is 0.363 e. The van der Waals surface area contributed by atoms with Crippen molar-refractivity contribution in [3.05, 3.63) is 57.3 Å². The van der Waals surface area contributed by atoms with Gasteiger partial charge in [0, 0.05) is 17.7 Å². The number of hydrogen-bond acceptors (Lipinski definition) is 9. The molecule has 10 heteroatoms. The predicted molar refractivity (Wildman–Crippen MR) is 106 cm³/mol. The summed E-state index contributed by atoms with van der Waals surface area (Å²) in [6.07, 6.45) is 1.46. The third kappa shape index (κ3) is 3.75. The third-order valence-corrected chi connectivity index (χ3v) is 4.27. The van der Waals surface area contributed by atoms with Crippen molar-refractivity contribution in [1.82, 2.24) is 0 Å². The van der Waals surface area contributed by atoms with Crippen molar-refractivity contribution in [2.45, 2.75) is 0 Å². The molecule has 1 aliphatic heterocycles. The summed E-state index contributed by atoms with van der Waals surface area (Å²) in [7, 11) is 5.81. The van der Waals surface area contributed by atoms with E-state index in [0.29, 0.717) is 22.8 Å². The minimum atomic E-state index is -0.726. The van der Waals surface area contributed by atoms with Crippen LogP contribution in [0.3, 0.4) is 0 Å². The van der Waals surface area contributed by atoms with Gasteiger partial charge in [0.05, 0.1) is 38.9 Å². The SMILES string of the molecule is COc1ccc([N+](=O)[O-])cc1C1=N/C(=C\c2ccc(OC)c(OC)c2OC)C(=O)O1. The summed E-state index contributed by atoms with van der Waals surface area (Å²) < 4.78 is 26.4. The molecule has 0 unspecified atom stereocenters. The number of nitro benzene ring substituents is 1. The van der Waals surface area contributed by atoms with Crippen LogP contribution in [0.15, 0.2) is 41.0 Å². The summed E-state index contributed by atoms with van der Waals surface area (Å²) >= 11 is 0. The van der Waals surface area contributed by atoms with E-state index >= 15 is 0 Å². The van der Waals surface area contributed by atoms with E-state index < -0.39 is 10.9 Å². The number of nitrogens with zero attached hydrogens (tertiary/aromatic N) is 2. The molecule has 0 saturated carbocycles. The van der Waals surface area contributed by atoms with E-state index in [9.17, 15) is 14.9 Å². The molecule has 10 nitrogen and oxygen atoms in total. The maximum absolute atomic E-state index is 12.4. The van der Waals surface area contributed by atoms with Crippen LogP contribution in [0.4, 0.5) is 5.69 Å². The molecule has 0 bridgehead atoms. The van der Waals surface area contributed by atoms with Gasteiger partial charge in [0.15, 0.2) is 17.2 Å². The Morgan fingerprint density at radius 2 is 1.63 bits per heavy atom. The zero-order valence-corrected chi connectivity index (χ0v) is 16.6. The molecule has 0 aromatic heterocycles. The van der Waals surface area contributed by atoms with E-state index in [1.54, 1.807) is 12.1 Å². The second kappa shape index (κ2) is 8.52. The Kier molecular flexibility index (Phi) is 5.86. The fraction of sp³-hybridized carbons (Fsp3) is 0.200. The molecule has 0 radical (unpaired) electrons. The molecule has 30 heavy (non-hydrogen) atoms. The lowest BCUT2D eigenvalue weighted by atomic mass is 10.1. The van der Waals surface area contributed by atoms with Gasteiger partial charge in [-0.05, 0) is 24.3 Å². The molecule has 2 aromatic carbocycles. The van der Waals surface area contributed by atoms with Crippen molar-refractivity contribution in [2.75, 3.05) is 28.4 Å². The van der Waals surface area contributed by atoms with E-state index in [0.717, 1.165) is 0 Å². The van der Waals surface area contributed by atoms with Gasteiger partial charge in [-0.3, -0.25) is 10.1 Å². The van der Waals surface area contributed by atoms with Gasteiger partial charge in [0.25, 0.3) is 5.69 Å². The van der Waals surface area contributed by atoms with E-state index in [-0.39, 0.29) is 28.6 Å². The smallest absolute Gasteiger partial charge is 0.363 e. The highest BCUT2D eigenvalue weighted by molar-refractivity contribution is 6.14. The normalized spacial score (nSPS) is 14.2. The number of aliphatic imine (C=N–C) groups is 1. The number of methoxy groups -OCH3 is 4. The van der Waals surface area contributed by atoms with E-state index in [4.69, 9.17) is 23.7 Å². The first-order chi connectivity index (χ1) is 14.4. The van der Waals surface area contributed by atoms with E-state index in [1.807, 2.05) is 0 Å². The van der Waals surface area contributed by atoms with Crippen LogP contribution in [0.2, 0.25) is 0 Å². The van der Waals surface area contributed by atoms with Gasteiger partial charge in [0.2, 0.25) is 11.6 Å². The molecule has 1 heterocycles. The zero-order chi connectivity index (χ0) is 21.8. The average molecular weight is 414 g/mol. The number of carbonyl (C=O) groups is 1.